The van der Waals surface area contributed by atoms with E-state index in [1.165, 1.54) is 6.07 Å². The van der Waals surface area contributed by atoms with Crippen LogP contribution in [-0.4, -0.2) is 18.4 Å². The number of amides is 1. The number of carbonyl (C=O) groups is 2. The monoisotopic (exact) mass is 337 g/mol. The van der Waals surface area contributed by atoms with Gasteiger partial charge in [-0.15, -0.1) is 0 Å². The summed E-state index contributed by atoms with van der Waals surface area (Å²) in [6.45, 7) is -0.374. The number of alkyl halides is 3. The molecule has 0 spiro atoms. The molecule has 0 fully saturated rings. The zero-order valence-corrected chi connectivity index (χ0v) is 12.5. The van der Waals surface area contributed by atoms with Crippen LogP contribution in [0.5, 0.6) is 0 Å². The Kier molecular flexibility index (Phi) is 5.57. The Bertz CT molecular complexity index is 715. The lowest BCUT2D eigenvalue weighted by atomic mass is 10.1. The van der Waals surface area contributed by atoms with Crippen LogP contribution in [0, 0.1) is 0 Å². The highest BCUT2D eigenvalue weighted by Gasteiger charge is 2.30. The first-order valence-corrected chi connectivity index (χ1v) is 7.01. The fraction of sp³-hybridized carbons (Fsp3) is 0.176. The van der Waals surface area contributed by atoms with Crippen molar-refractivity contribution in [2.24, 2.45) is 0 Å². The molecule has 2 rings (SSSR count). The summed E-state index contributed by atoms with van der Waals surface area (Å²) in [6, 6.07) is 12.9. The van der Waals surface area contributed by atoms with E-state index in [-0.39, 0.29) is 12.2 Å². The van der Waals surface area contributed by atoms with Crippen molar-refractivity contribution in [1.82, 2.24) is 5.32 Å². The highest BCUT2D eigenvalue weighted by atomic mass is 19.4. The van der Waals surface area contributed by atoms with Crippen LogP contribution in [0.4, 0.5) is 13.2 Å². The van der Waals surface area contributed by atoms with Gasteiger partial charge in [0.2, 0.25) is 0 Å². The molecule has 1 N–H and O–H groups in total. The molecule has 0 radical (unpaired) electrons. The topological polar surface area (TPSA) is 55.4 Å². The minimum Gasteiger partial charge on any atom is -0.460 e. The van der Waals surface area contributed by atoms with Gasteiger partial charge in [-0.25, -0.2) is 0 Å². The molecule has 0 unspecified atom stereocenters. The van der Waals surface area contributed by atoms with E-state index in [0.29, 0.717) is 0 Å². The van der Waals surface area contributed by atoms with Gasteiger partial charge in [0.15, 0.2) is 0 Å². The first kappa shape index (κ1) is 17.5. The Morgan fingerprint density at radius 3 is 2.38 bits per heavy atom. The maximum atomic E-state index is 12.6. The maximum absolute atomic E-state index is 12.6. The van der Waals surface area contributed by atoms with Crippen molar-refractivity contribution < 1.29 is 27.5 Å². The van der Waals surface area contributed by atoms with E-state index in [0.717, 1.165) is 23.8 Å². The Morgan fingerprint density at radius 2 is 1.71 bits per heavy atom. The number of esters is 1. The maximum Gasteiger partial charge on any atom is 0.416 e. The van der Waals surface area contributed by atoms with E-state index in [4.69, 9.17) is 4.74 Å². The summed E-state index contributed by atoms with van der Waals surface area (Å²) < 4.78 is 42.8. The molecule has 0 saturated carbocycles. The second kappa shape index (κ2) is 7.63. The molecular weight excluding hydrogens is 323 g/mol. The average molecular weight is 337 g/mol. The number of hydrogen-bond acceptors (Lipinski definition) is 3. The van der Waals surface area contributed by atoms with Crippen LogP contribution in [-0.2, 0) is 22.3 Å². The summed E-state index contributed by atoms with van der Waals surface area (Å²) >= 11 is 0. The number of benzene rings is 2. The number of ether oxygens (including phenoxy) is 1. The van der Waals surface area contributed by atoms with Crippen molar-refractivity contribution in [2.75, 3.05) is 6.54 Å². The number of halogens is 3. The van der Waals surface area contributed by atoms with Gasteiger partial charge in [0, 0.05) is 5.56 Å². The normalized spacial score (nSPS) is 11.0. The summed E-state index contributed by atoms with van der Waals surface area (Å²) in [5, 5.41) is 2.23. The van der Waals surface area contributed by atoms with Crippen LogP contribution in [0.3, 0.4) is 0 Å². The minimum absolute atomic E-state index is 0.0547. The van der Waals surface area contributed by atoms with E-state index in [1.54, 1.807) is 24.3 Å². The summed E-state index contributed by atoms with van der Waals surface area (Å²) in [6.07, 6.45) is -4.54. The van der Waals surface area contributed by atoms with Gasteiger partial charge in [0.05, 0.1) is 5.56 Å². The molecule has 2 aromatic carbocycles. The Hall–Kier alpha value is -2.83. The fourth-order valence-electron chi connectivity index (χ4n) is 1.88. The smallest absolute Gasteiger partial charge is 0.416 e. The van der Waals surface area contributed by atoms with Crippen LogP contribution < -0.4 is 5.32 Å². The molecular formula is C17H14F3NO3. The average Bonchev–Trinajstić information content (AvgIpc) is 2.58. The second-order valence-electron chi connectivity index (χ2n) is 4.91. The van der Waals surface area contributed by atoms with Crippen LogP contribution in [0.1, 0.15) is 21.5 Å². The molecule has 0 heterocycles. The molecule has 0 aliphatic carbocycles. The summed E-state index contributed by atoms with van der Waals surface area (Å²) in [5.74, 6) is -1.46. The zero-order chi connectivity index (χ0) is 17.6. The predicted molar refractivity (Wildman–Crippen MR) is 80.0 cm³/mol. The van der Waals surface area contributed by atoms with Crippen LogP contribution in [0.2, 0.25) is 0 Å². The van der Waals surface area contributed by atoms with Crippen molar-refractivity contribution in [3.05, 3.63) is 71.3 Å². The molecule has 126 valence electrons. The summed E-state index contributed by atoms with van der Waals surface area (Å²) in [4.78, 5) is 23.4. The van der Waals surface area contributed by atoms with Crippen molar-refractivity contribution in [2.45, 2.75) is 12.8 Å². The quantitative estimate of drug-likeness (QED) is 0.853. The van der Waals surface area contributed by atoms with Crippen molar-refractivity contribution in [1.29, 1.82) is 0 Å². The first-order valence-electron chi connectivity index (χ1n) is 7.01. The molecule has 0 aromatic heterocycles. The van der Waals surface area contributed by atoms with Crippen molar-refractivity contribution >= 4 is 11.9 Å². The third-order valence-electron chi connectivity index (χ3n) is 3.09. The van der Waals surface area contributed by atoms with Crippen LogP contribution in [0.15, 0.2) is 54.6 Å². The zero-order valence-electron chi connectivity index (χ0n) is 12.5. The van der Waals surface area contributed by atoms with E-state index in [2.05, 4.69) is 5.32 Å². The van der Waals surface area contributed by atoms with Gasteiger partial charge >= 0.3 is 12.1 Å². The highest BCUT2D eigenvalue weighted by molar-refractivity contribution is 5.96. The molecule has 2 aromatic rings. The number of rotatable bonds is 5. The fourth-order valence-corrected chi connectivity index (χ4v) is 1.88. The van der Waals surface area contributed by atoms with E-state index < -0.39 is 30.2 Å². The lowest BCUT2D eigenvalue weighted by Crippen LogP contribution is -2.30. The molecule has 1 amide bonds. The second-order valence-corrected chi connectivity index (χ2v) is 4.91. The lowest BCUT2D eigenvalue weighted by Gasteiger charge is -2.09. The van der Waals surface area contributed by atoms with E-state index >= 15 is 0 Å². The Morgan fingerprint density at radius 1 is 1.00 bits per heavy atom. The molecule has 24 heavy (non-hydrogen) atoms. The summed E-state index contributed by atoms with van der Waals surface area (Å²) in [5.41, 5.74) is -0.322. The predicted octanol–water partition coefficient (Wildman–Crippen LogP) is 3.18. The summed E-state index contributed by atoms with van der Waals surface area (Å²) in [7, 11) is 0. The highest BCUT2D eigenvalue weighted by Crippen LogP contribution is 2.29. The number of nitrogens with one attached hydrogen (secondary N) is 1. The van der Waals surface area contributed by atoms with Crippen LogP contribution in [0.25, 0.3) is 0 Å². The molecule has 0 saturated heterocycles. The molecule has 0 aliphatic heterocycles. The Balaban J connectivity index is 1.85. The van der Waals surface area contributed by atoms with Crippen molar-refractivity contribution in [3.63, 3.8) is 0 Å². The van der Waals surface area contributed by atoms with Gasteiger partial charge in [-0.05, 0) is 23.8 Å². The standard InChI is InChI=1S/C17H14F3NO3/c18-17(19,20)14-8-4-7-13(9-14)16(23)21-10-15(22)24-11-12-5-2-1-3-6-12/h1-9H,10-11H2,(H,21,23). The van der Waals surface area contributed by atoms with Crippen LogP contribution >= 0.6 is 0 Å². The number of hydrogen-bond donors (Lipinski definition) is 1. The molecule has 7 heteroatoms. The Labute approximate surface area is 136 Å². The van der Waals surface area contributed by atoms with Gasteiger partial charge < -0.3 is 10.1 Å². The third kappa shape index (κ3) is 5.12. The largest absolute Gasteiger partial charge is 0.460 e. The first-order chi connectivity index (χ1) is 11.4. The van der Waals surface area contributed by atoms with Gasteiger partial charge in [-0.1, -0.05) is 36.4 Å². The minimum atomic E-state index is -4.54. The molecule has 0 atom stereocenters. The van der Waals surface area contributed by atoms with Gasteiger partial charge in [-0.3, -0.25) is 9.59 Å². The van der Waals surface area contributed by atoms with Gasteiger partial charge in [0.1, 0.15) is 13.2 Å². The van der Waals surface area contributed by atoms with E-state index in [1.807, 2.05) is 6.07 Å². The lowest BCUT2D eigenvalue weighted by molar-refractivity contribution is -0.143. The third-order valence-corrected chi connectivity index (χ3v) is 3.09. The van der Waals surface area contributed by atoms with Crippen molar-refractivity contribution in [3.8, 4) is 0 Å². The molecule has 4 nitrogen and oxygen atoms in total. The SMILES string of the molecule is O=C(CNC(=O)c1cccc(C(F)(F)F)c1)OCc1ccccc1. The van der Waals surface area contributed by atoms with Gasteiger partial charge in [-0.2, -0.15) is 13.2 Å². The molecule has 0 bridgehead atoms. The van der Waals surface area contributed by atoms with Gasteiger partial charge in [0.25, 0.3) is 5.91 Å². The molecule has 0 aliphatic rings. The van der Waals surface area contributed by atoms with E-state index in [9.17, 15) is 22.8 Å². The number of carbonyl (C=O) groups excluding carboxylic acids is 2.